The third-order valence-electron chi connectivity index (χ3n) is 3.21. The van der Waals surface area contributed by atoms with Crippen LogP contribution in [0.25, 0.3) is 0 Å². The molecule has 0 aliphatic carbocycles. The van der Waals surface area contributed by atoms with E-state index < -0.39 is 5.67 Å². The molecular weight excluding hydrogens is 207 g/mol. The number of hydrogen-bond acceptors (Lipinski definition) is 3. The molecule has 1 N–H and O–H groups in total. The first kappa shape index (κ1) is 11.5. The van der Waals surface area contributed by atoms with Crippen LogP contribution in [0.1, 0.15) is 44.4 Å². The lowest BCUT2D eigenvalue weighted by Crippen LogP contribution is -2.44. The van der Waals surface area contributed by atoms with Gasteiger partial charge in [-0.15, -0.1) is 0 Å². The van der Waals surface area contributed by atoms with Gasteiger partial charge in [0, 0.05) is 6.54 Å². The molecule has 4 nitrogen and oxygen atoms in total. The van der Waals surface area contributed by atoms with Crippen molar-refractivity contribution in [2.45, 2.75) is 45.3 Å². The first-order chi connectivity index (χ1) is 7.48. The van der Waals surface area contributed by atoms with Crippen LogP contribution in [0, 0.1) is 6.92 Å². The molecule has 1 fully saturated rings. The van der Waals surface area contributed by atoms with Crippen LogP contribution in [0.3, 0.4) is 0 Å². The van der Waals surface area contributed by atoms with Crippen molar-refractivity contribution < 1.29 is 4.39 Å². The van der Waals surface area contributed by atoms with Gasteiger partial charge in [-0.25, -0.2) is 9.37 Å². The summed E-state index contributed by atoms with van der Waals surface area (Å²) >= 11 is 0. The molecule has 0 bridgehead atoms. The van der Waals surface area contributed by atoms with Gasteiger partial charge in [-0.05, 0) is 40.2 Å². The maximum Gasteiger partial charge on any atom is 0.167 e. The van der Waals surface area contributed by atoms with Crippen molar-refractivity contribution >= 4 is 0 Å². The van der Waals surface area contributed by atoms with E-state index in [0.29, 0.717) is 13.0 Å². The Labute approximate surface area is 95.3 Å². The topological polar surface area (TPSA) is 44.8 Å². The minimum atomic E-state index is -1.07. The Bertz CT molecular complexity index is 361. The SMILES string of the molecule is Cc1nc(C(C)N2CCCC(C)(F)C2)n[nH]1. The molecule has 1 aliphatic rings. The quantitative estimate of drug-likeness (QED) is 0.839. The van der Waals surface area contributed by atoms with E-state index in [1.807, 2.05) is 13.8 Å². The molecular formula is C11H19FN4. The van der Waals surface area contributed by atoms with E-state index in [4.69, 9.17) is 0 Å². The normalized spacial score (nSPS) is 29.2. The lowest BCUT2D eigenvalue weighted by Gasteiger charge is -2.37. The van der Waals surface area contributed by atoms with Crippen LogP contribution in [-0.4, -0.2) is 38.8 Å². The van der Waals surface area contributed by atoms with Crippen LogP contribution in [0.4, 0.5) is 4.39 Å². The zero-order valence-electron chi connectivity index (χ0n) is 10.1. The summed E-state index contributed by atoms with van der Waals surface area (Å²) in [7, 11) is 0. The number of likely N-dealkylation sites (tertiary alicyclic amines) is 1. The van der Waals surface area contributed by atoms with Gasteiger partial charge in [0.2, 0.25) is 0 Å². The molecule has 16 heavy (non-hydrogen) atoms. The molecule has 1 aromatic heterocycles. The predicted octanol–water partition coefficient (Wildman–Crippen LogP) is 2.00. The summed E-state index contributed by atoms with van der Waals surface area (Å²) in [6, 6.07) is 0.0836. The molecule has 2 atom stereocenters. The Morgan fingerprint density at radius 1 is 1.56 bits per heavy atom. The lowest BCUT2D eigenvalue weighted by atomic mass is 9.96. The van der Waals surface area contributed by atoms with E-state index in [1.54, 1.807) is 6.92 Å². The number of halogens is 1. The summed E-state index contributed by atoms with van der Waals surface area (Å²) in [5.74, 6) is 1.57. The second-order valence-electron chi connectivity index (χ2n) is 4.94. The van der Waals surface area contributed by atoms with Gasteiger partial charge in [0.1, 0.15) is 11.5 Å². The number of rotatable bonds is 2. The second kappa shape index (κ2) is 4.13. The third-order valence-corrected chi connectivity index (χ3v) is 3.21. The van der Waals surface area contributed by atoms with E-state index >= 15 is 0 Å². The van der Waals surface area contributed by atoms with E-state index in [1.165, 1.54) is 0 Å². The average molecular weight is 226 g/mol. The summed E-state index contributed by atoms with van der Waals surface area (Å²) in [6.45, 7) is 6.98. The first-order valence-electron chi connectivity index (χ1n) is 5.80. The maximum absolute atomic E-state index is 13.9. The summed E-state index contributed by atoms with van der Waals surface area (Å²) in [5, 5.41) is 6.97. The number of H-pyrrole nitrogens is 1. The molecule has 1 saturated heterocycles. The molecule has 0 spiro atoms. The molecule has 0 aromatic carbocycles. The molecule has 2 heterocycles. The van der Waals surface area contributed by atoms with Crippen molar-refractivity contribution in [2.24, 2.45) is 0 Å². The van der Waals surface area contributed by atoms with Crippen LogP contribution in [-0.2, 0) is 0 Å². The zero-order valence-corrected chi connectivity index (χ0v) is 10.1. The van der Waals surface area contributed by atoms with Gasteiger partial charge >= 0.3 is 0 Å². The highest BCUT2D eigenvalue weighted by molar-refractivity contribution is 4.97. The third kappa shape index (κ3) is 2.40. The molecule has 2 rings (SSSR count). The lowest BCUT2D eigenvalue weighted by molar-refractivity contribution is 0.0370. The summed E-state index contributed by atoms with van der Waals surface area (Å²) in [4.78, 5) is 6.42. The van der Waals surface area contributed by atoms with Crippen LogP contribution in [0.15, 0.2) is 0 Å². The predicted molar refractivity (Wildman–Crippen MR) is 59.9 cm³/mol. The number of aromatic nitrogens is 3. The van der Waals surface area contributed by atoms with Crippen molar-refractivity contribution in [3.63, 3.8) is 0 Å². The highest BCUT2D eigenvalue weighted by Gasteiger charge is 2.33. The van der Waals surface area contributed by atoms with Gasteiger partial charge in [-0.1, -0.05) is 0 Å². The van der Waals surface area contributed by atoms with Crippen LogP contribution >= 0.6 is 0 Å². The molecule has 0 amide bonds. The van der Waals surface area contributed by atoms with Gasteiger partial charge in [0.15, 0.2) is 5.82 Å². The van der Waals surface area contributed by atoms with Gasteiger partial charge in [0.05, 0.1) is 6.04 Å². The van der Waals surface area contributed by atoms with Crippen LogP contribution in [0.5, 0.6) is 0 Å². The molecule has 2 unspecified atom stereocenters. The molecule has 1 aliphatic heterocycles. The fourth-order valence-electron chi connectivity index (χ4n) is 2.27. The van der Waals surface area contributed by atoms with Gasteiger partial charge in [0.25, 0.3) is 0 Å². The first-order valence-corrected chi connectivity index (χ1v) is 5.80. The Kier molecular flexibility index (Phi) is 2.97. The summed E-state index contributed by atoms with van der Waals surface area (Å²) in [6.07, 6.45) is 1.56. The molecule has 0 radical (unpaired) electrons. The van der Waals surface area contributed by atoms with E-state index in [-0.39, 0.29) is 6.04 Å². The van der Waals surface area contributed by atoms with E-state index in [2.05, 4.69) is 20.1 Å². The van der Waals surface area contributed by atoms with Crippen molar-refractivity contribution in [2.75, 3.05) is 13.1 Å². The van der Waals surface area contributed by atoms with E-state index in [9.17, 15) is 4.39 Å². The molecule has 0 saturated carbocycles. The molecule has 5 heteroatoms. The van der Waals surface area contributed by atoms with Crippen LogP contribution in [0.2, 0.25) is 0 Å². The van der Waals surface area contributed by atoms with Gasteiger partial charge < -0.3 is 0 Å². The Morgan fingerprint density at radius 3 is 2.88 bits per heavy atom. The van der Waals surface area contributed by atoms with Crippen molar-refractivity contribution in [3.05, 3.63) is 11.6 Å². The van der Waals surface area contributed by atoms with Gasteiger partial charge in [-0.2, -0.15) is 5.10 Å². The van der Waals surface area contributed by atoms with Crippen molar-refractivity contribution in [3.8, 4) is 0 Å². The zero-order chi connectivity index (χ0) is 11.8. The Morgan fingerprint density at radius 2 is 2.31 bits per heavy atom. The van der Waals surface area contributed by atoms with Gasteiger partial charge in [-0.3, -0.25) is 10.00 Å². The number of alkyl halides is 1. The number of piperidine rings is 1. The Hall–Kier alpha value is -0.970. The smallest absolute Gasteiger partial charge is 0.167 e. The minimum absolute atomic E-state index is 0.0836. The van der Waals surface area contributed by atoms with Crippen molar-refractivity contribution in [1.29, 1.82) is 0 Å². The number of hydrogen-bond donors (Lipinski definition) is 1. The van der Waals surface area contributed by atoms with Crippen LogP contribution < -0.4 is 0 Å². The number of nitrogens with one attached hydrogen (secondary N) is 1. The van der Waals surface area contributed by atoms with Crippen molar-refractivity contribution in [1.82, 2.24) is 20.1 Å². The monoisotopic (exact) mass is 226 g/mol. The minimum Gasteiger partial charge on any atom is -0.290 e. The van der Waals surface area contributed by atoms with E-state index in [0.717, 1.165) is 24.6 Å². The number of nitrogens with zero attached hydrogens (tertiary/aromatic N) is 3. The maximum atomic E-state index is 13.9. The summed E-state index contributed by atoms with van der Waals surface area (Å²) in [5.41, 5.74) is -1.07. The fourth-order valence-corrected chi connectivity index (χ4v) is 2.27. The average Bonchev–Trinajstić information content (AvgIpc) is 2.62. The number of aromatic amines is 1. The fraction of sp³-hybridized carbons (Fsp3) is 0.818. The summed E-state index contributed by atoms with van der Waals surface area (Å²) < 4.78 is 13.9. The number of aryl methyl sites for hydroxylation is 1. The largest absolute Gasteiger partial charge is 0.290 e. The standard InChI is InChI=1S/C11H19FN4/c1-8(10-13-9(2)14-15-10)16-6-4-5-11(3,12)7-16/h8H,4-7H2,1-3H3,(H,13,14,15). The second-order valence-corrected chi connectivity index (χ2v) is 4.94. The molecule has 1 aromatic rings. The highest BCUT2D eigenvalue weighted by atomic mass is 19.1. The molecule has 90 valence electrons. The Balaban J connectivity index is 2.07. The highest BCUT2D eigenvalue weighted by Crippen LogP contribution is 2.29.